The van der Waals surface area contributed by atoms with Gasteiger partial charge in [-0.3, -0.25) is 9.59 Å². The molecule has 122 valence electrons. The standard InChI is InChI=1S/C15H20N2O4.ClH/c1-20-15(19)12(16)6-7-14(18)17-8-9-21-10-11-4-2-3-5-13(11)17;/h2-5,12H,6-10,16H2,1H3;1H/t12-;/m0./s1. The molecule has 6 nitrogen and oxygen atoms in total. The van der Waals surface area contributed by atoms with Gasteiger partial charge in [0.2, 0.25) is 5.91 Å². The molecule has 0 aromatic heterocycles. The minimum Gasteiger partial charge on any atom is -0.468 e. The lowest BCUT2D eigenvalue weighted by Crippen LogP contribution is -2.36. The fourth-order valence-corrected chi connectivity index (χ4v) is 2.30. The maximum absolute atomic E-state index is 12.4. The molecule has 0 radical (unpaired) electrons. The second kappa shape index (κ2) is 8.73. The molecule has 22 heavy (non-hydrogen) atoms. The van der Waals surface area contributed by atoms with Crippen molar-refractivity contribution in [3.63, 3.8) is 0 Å². The number of amides is 1. The topological polar surface area (TPSA) is 81.9 Å². The molecule has 0 unspecified atom stereocenters. The first-order valence-electron chi connectivity index (χ1n) is 6.93. The lowest BCUT2D eigenvalue weighted by Gasteiger charge is -2.22. The number of para-hydroxylation sites is 1. The van der Waals surface area contributed by atoms with Crippen LogP contribution in [0.4, 0.5) is 5.69 Å². The summed E-state index contributed by atoms with van der Waals surface area (Å²) < 4.78 is 10.0. The van der Waals surface area contributed by atoms with E-state index in [1.54, 1.807) is 4.90 Å². The van der Waals surface area contributed by atoms with E-state index in [1.165, 1.54) is 7.11 Å². The molecule has 1 aliphatic heterocycles. The number of esters is 1. The Kier molecular flexibility index (Phi) is 7.31. The zero-order valence-corrected chi connectivity index (χ0v) is 13.3. The fraction of sp³-hybridized carbons (Fsp3) is 0.467. The van der Waals surface area contributed by atoms with Crippen molar-refractivity contribution >= 4 is 30.0 Å². The molecule has 1 aromatic carbocycles. The van der Waals surface area contributed by atoms with Crippen molar-refractivity contribution in [1.82, 2.24) is 0 Å². The van der Waals surface area contributed by atoms with E-state index in [9.17, 15) is 9.59 Å². The van der Waals surface area contributed by atoms with Crippen molar-refractivity contribution in [1.29, 1.82) is 0 Å². The number of benzene rings is 1. The van der Waals surface area contributed by atoms with Crippen LogP contribution in [-0.4, -0.2) is 38.2 Å². The highest BCUT2D eigenvalue weighted by Gasteiger charge is 2.23. The Morgan fingerprint density at radius 3 is 2.86 bits per heavy atom. The van der Waals surface area contributed by atoms with Crippen LogP contribution in [0, 0.1) is 0 Å². The van der Waals surface area contributed by atoms with Crippen LogP contribution in [0.25, 0.3) is 0 Å². The fourth-order valence-electron chi connectivity index (χ4n) is 2.30. The average Bonchev–Trinajstić information content (AvgIpc) is 2.73. The quantitative estimate of drug-likeness (QED) is 0.841. The van der Waals surface area contributed by atoms with Crippen molar-refractivity contribution in [2.45, 2.75) is 25.5 Å². The molecule has 0 fully saturated rings. The van der Waals surface area contributed by atoms with Gasteiger partial charge in [0.05, 0.1) is 20.3 Å². The summed E-state index contributed by atoms with van der Waals surface area (Å²) in [4.78, 5) is 25.4. The van der Waals surface area contributed by atoms with Crippen molar-refractivity contribution in [3.05, 3.63) is 29.8 Å². The summed E-state index contributed by atoms with van der Waals surface area (Å²) in [7, 11) is 1.28. The Balaban J connectivity index is 0.00000242. The molecule has 0 aliphatic carbocycles. The molecule has 1 aliphatic rings. The van der Waals surface area contributed by atoms with Gasteiger partial charge in [0.1, 0.15) is 6.04 Å². The van der Waals surface area contributed by atoms with Crippen molar-refractivity contribution in [2.24, 2.45) is 5.73 Å². The molecule has 1 heterocycles. The molecule has 2 N–H and O–H groups in total. The SMILES string of the molecule is COC(=O)[C@@H](N)CCC(=O)N1CCOCc2ccccc21.Cl. The number of rotatable bonds is 4. The minimum atomic E-state index is -0.766. The lowest BCUT2D eigenvalue weighted by atomic mass is 10.1. The van der Waals surface area contributed by atoms with Gasteiger partial charge in [-0.25, -0.2) is 0 Å². The molecule has 0 bridgehead atoms. The van der Waals surface area contributed by atoms with E-state index in [0.717, 1.165) is 11.3 Å². The number of hydrogen-bond acceptors (Lipinski definition) is 5. The zero-order chi connectivity index (χ0) is 15.2. The van der Waals surface area contributed by atoms with E-state index in [0.29, 0.717) is 19.8 Å². The number of nitrogens with zero attached hydrogens (tertiary/aromatic N) is 1. The van der Waals surface area contributed by atoms with E-state index in [4.69, 9.17) is 10.5 Å². The first kappa shape index (κ1) is 18.4. The van der Waals surface area contributed by atoms with Crippen LogP contribution in [0.3, 0.4) is 0 Å². The van der Waals surface area contributed by atoms with E-state index in [1.807, 2.05) is 24.3 Å². The van der Waals surface area contributed by atoms with Gasteiger partial charge in [0, 0.05) is 24.2 Å². The summed E-state index contributed by atoms with van der Waals surface area (Å²) in [5.41, 5.74) is 7.52. The molecule has 0 spiro atoms. The molecule has 0 saturated carbocycles. The van der Waals surface area contributed by atoms with Crippen LogP contribution in [0.2, 0.25) is 0 Å². The van der Waals surface area contributed by atoms with Gasteiger partial charge in [-0.15, -0.1) is 12.4 Å². The second-order valence-electron chi connectivity index (χ2n) is 4.90. The molecule has 0 saturated heterocycles. The Hall–Kier alpha value is -1.63. The number of nitrogens with two attached hydrogens (primary N) is 1. The molecule has 1 amide bonds. The van der Waals surface area contributed by atoms with Crippen LogP contribution in [0.1, 0.15) is 18.4 Å². The lowest BCUT2D eigenvalue weighted by molar-refractivity contribution is -0.142. The molecule has 1 aromatic rings. The third-order valence-corrected chi connectivity index (χ3v) is 3.47. The van der Waals surface area contributed by atoms with Gasteiger partial charge in [0.25, 0.3) is 0 Å². The summed E-state index contributed by atoms with van der Waals surface area (Å²) in [6.45, 7) is 1.49. The summed E-state index contributed by atoms with van der Waals surface area (Å²) in [5, 5.41) is 0. The Morgan fingerprint density at radius 2 is 2.14 bits per heavy atom. The normalized spacial score (nSPS) is 15.1. The molecule has 1 atom stereocenters. The van der Waals surface area contributed by atoms with Gasteiger partial charge in [-0.1, -0.05) is 18.2 Å². The van der Waals surface area contributed by atoms with Gasteiger partial charge in [-0.2, -0.15) is 0 Å². The van der Waals surface area contributed by atoms with E-state index in [2.05, 4.69) is 4.74 Å². The third-order valence-electron chi connectivity index (χ3n) is 3.47. The Bertz CT molecular complexity index is 524. The van der Waals surface area contributed by atoms with Gasteiger partial charge in [-0.05, 0) is 12.5 Å². The minimum absolute atomic E-state index is 0. The number of anilines is 1. The molecular weight excluding hydrogens is 308 g/mol. The van der Waals surface area contributed by atoms with Crippen molar-refractivity contribution in [2.75, 3.05) is 25.2 Å². The third kappa shape index (κ3) is 4.43. The van der Waals surface area contributed by atoms with Crippen molar-refractivity contribution < 1.29 is 19.1 Å². The Labute approximate surface area is 136 Å². The van der Waals surface area contributed by atoms with Gasteiger partial charge in [0.15, 0.2) is 0 Å². The van der Waals surface area contributed by atoms with E-state index < -0.39 is 12.0 Å². The first-order chi connectivity index (χ1) is 10.1. The summed E-state index contributed by atoms with van der Waals surface area (Å²) in [6, 6.07) is 6.90. The van der Waals surface area contributed by atoms with E-state index in [-0.39, 0.29) is 31.2 Å². The highest BCUT2D eigenvalue weighted by atomic mass is 35.5. The monoisotopic (exact) mass is 328 g/mol. The van der Waals surface area contributed by atoms with E-state index >= 15 is 0 Å². The van der Waals surface area contributed by atoms with Crippen LogP contribution in [-0.2, 0) is 25.7 Å². The van der Waals surface area contributed by atoms with Crippen molar-refractivity contribution in [3.8, 4) is 0 Å². The zero-order valence-electron chi connectivity index (χ0n) is 12.5. The summed E-state index contributed by atoms with van der Waals surface area (Å²) in [5.74, 6) is -0.560. The first-order valence-corrected chi connectivity index (χ1v) is 6.93. The smallest absolute Gasteiger partial charge is 0.322 e. The highest BCUT2D eigenvalue weighted by molar-refractivity contribution is 5.94. The molecular formula is C15H21ClN2O4. The second-order valence-corrected chi connectivity index (χ2v) is 4.90. The van der Waals surface area contributed by atoms with Crippen LogP contribution in [0.15, 0.2) is 24.3 Å². The Morgan fingerprint density at radius 1 is 1.41 bits per heavy atom. The number of fused-ring (bicyclic) bond motifs is 1. The van der Waals surface area contributed by atoms with Gasteiger partial charge >= 0.3 is 5.97 Å². The average molecular weight is 329 g/mol. The maximum Gasteiger partial charge on any atom is 0.322 e. The van der Waals surface area contributed by atoms with Crippen LogP contribution < -0.4 is 10.6 Å². The highest BCUT2D eigenvalue weighted by Crippen LogP contribution is 2.24. The summed E-state index contributed by atoms with van der Waals surface area (Å²) >= 11 is 0. The van der Waals surface area contributed by atoms with Gasteiger partial charge < -0.3 is 20.1 Å². The number of ether oxygens (including phenoxy) is 2. The predicted molar refractivity (Wildman–Crippen MR) is 84.9 cm³/mol. The molecule has 7 heteroatoms. The summed E-state index contributed by atoms with van der Waals surface area (Å²) in [6.07, 6.45) is 0.468. The number of carbonyl (C=O) groups excluding carboxylic acids is 2. The number of methoxy groups -OCH3 is 1. The largest absolute Gasteiger partial charge is 0.468 e. The maximum atomic E-state index is 12.4. The van der Waals surface area contributed by atoms with Crippen LogP contribution >= 0.6 is 12.4 Å². The number of hydrogen-bond donors (Lipinski definition) is 1. The molecule has 2 rings (SSSR count). The number of carbonyl (C=O) groups is 2. The number of halogens is 1. The predicted octanol–water partition coefficient (Wildman–Crippen LogP) is 1.25. The van der Waals surface area contributed by atoms with Crippen LogP contribution in [0.5, 0.6) is 0 Å².